The zero-order valence-corrected chi connectivity index (χ0v) is 23.0. The molecule has 5 aliphatic rings. The first-order valence-corrected chi connectivity index (χ1v) is 13.9. The summed E-state index contributed by atoms with van der Waals surface area (Å²) in [5.74, 6) is -0.343. The molecule has 1 spiro atoms. The average molecular weight is 503 g/mol. The van der Waals surface area contributed by atoms with E-state index in [1.807, 2.05) is 26.0 Å². The second-order valence-electron chi connectivity index (χ2n) is 14.4. The maximum atomic E-state index is 13.7. The number of aliphatic hydroxyl groups is 4. The zero-order valence-electron chi connectivity index (χ0n) is 23.0. The third-order valence-electron chi connectivity index (χ3n) is 11.5. The lowest BCUT2D eigenvalue weighted by atomic mass is 9.52. The van der Waals surface area contributed by atoms with Crippen molar-refractivity contribution in [3.05, 3.63) is 23.3 Å². The summed E-state index contributed by atoms with van der Waals surface area (Å²) < 4.78 is 6.62. The molecular weight excluding hydrogens is 456 g/mol. The fraction of sp³-hybridized carbons (Fsp3) is 0.833. The van der Waals surface area contributed by atoms with E-state index in [2.05, 4.69) is 20.8 Å². The van der Waals surface area contributed by atoms with E-state index in [0.717, 1.165) is 24.0 Å². The Labute approximate surface area is 215 Å². The van der Waals surface area contributed by atoms with Crippen LogP contribution >= 0.6 is 0 Å². The molecule has 3 aliphatic carbocycles. The van der Waals surface area contributed by atoms with E-state index >= 15 is 0 Å². The summed E-state index contributed by atoms with van der Waals surface area (Å²) in [4.78, 5) is 13.7. The number of carbonyl (C=O) groups excluding carboxylic acids is 1. The largest absolute Gasteiger partial charge is 0.390 e. The summed E-state index contributed by atoms with van der Waals surface area (Å²) in [6.07, 6.45) is 5.58. The van der Waals surface area contributed by atoms with Gasteiger partial charge in [0.2, 0.25) is 0 Å². The molecule has 5 rings (SSSR count). The Balaban J connectivity index is 1.52. The quantitative estimate of drug-likeness (QED) is 0.457. The van der Waals surface area contributed by atoms with Crippen LogP contribution in [0.2, 0.25) is 0 Å². The Morgan fingerprint density at radius 3 is 2.42 bits per heavy atom. The molecule has 0 aromatic rings. The predicted molar refractivity (Wildman–Crippen MR) is 137 cm³/mol. The first-order valence-electron chi connectivity index (χ1n) is 13.9. The van der Waals surface area contributed by atoms with Crippen LogP contribution < -0.4 is 0 Å². The molecule has 6 nitrogen and oxygen atoms in total. The van der Waals surface area contributed by atoms with Crippen molar-refractivity contribution >= 4 is 5.78 Å². The molecule has 0 amide bonds. The highest BCUT2D eigenvalue weighted by molar-refractivity contribution is 5.87. The first kappa shape index (κ1) is 26.6. The van der Waals surface area contributed by atoms with Gasteiger partial charge in [0.15, 0.2) is 0 Å². The molecule has 2 saturated heterocycles. The second-order valence-corrected chi connectivity index (χ2v) is 14.4. The number of ether oxygens (including phenoxy) is 1. The summed E-state index contributed by atoms with van der Waals surface area (Å²) in [7, 11) is 0. The normalized spacial score (nSPS) is 46.9. The number of hydrogen-bond donors (Lipinski definition) is 4. The SMILES string of the molecule is C[C@H](CC[C@H](O)C(C)(C)O)[C@H]1C(=O)C[C@@]2(C)C3=C[C@H](O)C4C5(CC[C@H](O5)C4(C)C)CC3=C[C@H](O)[C@]12C. The Hall–Kier alpha value is -1.05. The van der Waals surface area contributed by atoms with Crippen LogP contribution in [0.25, 0.3) is 0 Å². The maximum absolute atomic E-state index is 13.7. The van der Waals surface area contributed by atoms with Crippen LogP contribution in [0.1, 0.15) is 87.0 Å². The summed E-state index contributed by atoms with van der Waals surface area (Å²) in [6.45, 7) is 13.7. The Kier molecular flexibility index (Phi) is 5.89. The van der Waals surface area contributed by atoms with E-state index < -0.39 is 40.3 Å². The highest BCUT2D eigenvalue weighted by Crippen LogP contribution is 2.69. The molecule has 2 aliphatic heterocycles. The van der Waals surface area contributed by atoms with Crippen molar-refractivity contribution in [1.82, 2.24) is 0 Å². The Morgan fingerprint density at radius 2 is 1.78 bits per heavy atom. The molecule has 2 unspecified atom stereocenters. The van der Waals surface area contributed by atoms with E-state index in [-0.39, 0.29) is 35.1 Å². The molecule has 0 aromatic heterocycles. The van der Waals surface area contributed by atoms with Crippen molar-refractivity contribution in [2.24, 2.45) is 34.0 Å². The van der Waals surface area contributed by atoms with Crippen LogP contribution in [0.4, 0.5) is 0 Å². The highest BCUT2D eigenvalue weighted by atomic mass is 16.5. The van der Waals surface area contributed by atoms with Crippen LogP contribution in [0.3, 0.4) is 0 Å². The van der Waals surface area contributed by atoms with Crippen LogP contribution in [0.5, 0.6) is 0 Å². The fourth-order valence-electron chi connectivity index (χ4n) is 9.31. The van der Waals surface area contributed by atoms with Gasteiger partial charge in [0.1, 0.15) is 5.78 Å². The summed E-state index contributed by atoms with van der Waals surface area (Å²) in [6, 6.07) is 0. The number of carbonyl (C=O) groups is 1. The Morgan fingerprint density at radius 1 is 1.11 bits per heavy atom. The topological polar surface area (TPSA) is 107 Å². The molecule has 6 heteroatoms. The van der Waals surface area contributed by atoms with Gasteiger partial charge in [-0.15, -0.1) is 0 Å². The molecule has 36 heavy (non-hydrogen) atoms. The minimum Gasteiger partial charge on any atom is -0.390 e. The van der Waals surface area contributed by atoms with Crippen molar-refractivity contribution < 1.29 is 30.0 Å². The molecule has 10 atom stereocenters. The molecule has 202 valence electrons. The lowest BCUT2D eigenvalue weighted by molar-refractivity contribution is -0.126. The van der Waals surface area contributed by atoms with Gasteiger partial charge in [-0.2, -0.15) is 0 Å². The monoisotopic (exact) mass is 502 g/mol. The smallest absolute Gasteiger partial charge is 0.137 e. The zero-order chi connectivity index (χ0) is 26.6. The minimum absolute atomic E-state index is 0.0232. The molecule has 2 heterocycles. The molecule has 0 aromatic carbocycles. The standard InChI is InChI=1S/C30H46O6/c1-16(8-9-21(33)27(4,5)35)24-20(32)15-28(6)18-13-19(31)25-26(2,3)23-10-11-30(25,36-23)14-17(18)12-22(34)29(24,28)7/h12-13,16,19,21-25,31,33-35H,8-11,14-15H2,1-7H3/t16-,19+,21+,22+,23+,24+,25?,28+,29-,30?/m1/s1. The van der Waals surface area contributed by atoms with Gasteiger partial charge in [-0.25, -0.2) is 0 Å². The summed E-state index contributed by atoms with van der Waals surface area (Å²) in [5.41, 5.74) is -1.08. The predicted octanol–water partition coefficient (Wildman–Crippen LogP) is 3.70. The second kappa shape index (κ2) is 7.98. The average Bonchev–Trinajstić information content (AvgIpc) is 3.29. The van der Waals surface area contributed by atoms with E-state index in [0.29, 0.717) is 25.7 Å². The van der Waals surface area contributed by atoms with Gasteiger partial charge >= 0.3 is 0 Å². The molecule has 3 fully saturated rings. The number of rotatable bonds is 5. The van der Waals surface area contributed by atoms with Crippen molar-refractivity contribution in [2.45, 2.75) is 123 Å². The minimum atomic E-state index is -1.20. The summed E-state index contributed by atoms with van der Waals surface area (Å²) >= 11 is 0. The van der Waals surface area contributed by atoms with Crippen LogP contribution in [-0.4, -0.2) is 61.8 Å². The van der Waals surface area contributed by atoms with E-state index in [1.165, 1.54) is 0 Å². The van der Waals surface area contributed by atoms with Crippen LogP contribution in [0, 0.1) is 34.0 Å². The first-order chi connectivity index (χ1) is 16.5. The highest BCUT2D eigenvalue weighted by Gasteiger charge is 2.70. The third kappa shape index (κ3) is 3.37. The number of hydrogen-bond acceptors (Lipinski definition) is 6. The van der Waals surface area contributed by atoms with Gasteiger partial charge in [-0.05, 0) is 62.0 Å². The number of aliphatic hydroxyl groups excluding tert-OH is 3. The Bertz CT molecular complexity index is 1010. The van der Waals surface area contributed by atoms with E-state index in [4.69, 9.17) is 4.74 Å². The van der Waals surface area contributed by atoms with Gasteiger partial charge in [0, 0.05) is 35.5 Å². The van der Waals surface area contributed by atoms with Gasteiger partial charge < -0.3 is 25.2 Å². The van der Waals surface area contributed by atoms with Gasteiger partial charge in [-0.3, -0.25) is 4.79 Å². The number of fused-ring (bicyclic) bond motifs is 4. The van der Waals surface area contributed by atoms with Gasteiger partial charge in [0.05, 0.1) is 35.6 Å². The summed E-state index contributed by atoms with van der Waals surface area (Å²) in [5, 5.41) is 43.9. The van der Waals surface area contributed by atoms with Crippen molar-refractivity contribution in [3.63, 3.8) is 0 Å². The number of ketones is 1. The molecule has 0 radical (unpaired) electrons. The third-order valence-corrected chi connectivity index (χ3v) is 11.5. The van der Waals surface area contributed by atoms with E-state index in [1.54, 1.807) is 13.8 Å². The van der Waals surface area contributed by atoms with Crippen molar-refractivity contribution in [1.29, 1.82) is 0 Å². The van der Waals surface area contributed by atoms with Crippen LogP contribution in [0.15, 0.2) is 23.3 Å². The van der Waals surface area contributed by atoms with Gasteiger partial charge in [0.25, 0.3) is 0 Å². The molecule has 2 bridgehead atoms. The van der Waals surface area contributed by atoms with Gasteiger partial charge in [-0.1, -0.05) is 46.8 Å². The maximum Gasteiger partial charge on any atom is 0.137 e. The fourth-order valence-corrected chi connectivity index (χ4v) is 9.31. The van der Waals surface area contributed by atoms with E-state index in [9.17, 15) is 25.2 Å². The number of allylic oxidation sites excluding steroid dienone is 1. The number of Topliss-reactive ketones (excluding diaryl/α,β-unsaturated/α-hetero) is 1. The molecule has 1 saturated carbocycles. The molecular formula is C30H46O6. The molecule has 4 N–H and O–H groups in total. The van der Waals surface area contributed by atoms with Crippen LogP contribution in [-0.2, 0) is 9.53 Å². The van der Waals surface area contributed by atoms with Crippen molar-refractivity contribution in [3.8, 4) is 0 Å². The lowest BCUT2D eigenvalue weighted by Gasteiger charge is -2.52. The van der Waals surface area contributed by atoms with Crippen molar-refractivity contribution in [2.75, 3.05) is 0 Å². The lowest BCUT2D eigenvalue weighted by Crippen LogP contribution is -2.52.